The zero-order valence-corrected chi connectivity index (χ0v) is 14.2. The molecule has 1 aliphatic rings. The first-order valence-electron chi connectivity index (χ1n) is 8.26. The van der Waals surface area contributed by atoms with Gasteiger partial charge in [-0.15, -0.1) is 0 Å². The number of anilines is 1. The summed E-state index contributed by atoms with van der Waals surface area (Å²) < 4.78 is 7.47. The Morgan fingerprint density at radius 2 is 2.25 bits per heavy atom. The van der Waals surface area contributed by atoms with Crippen LogP contribution in [0.5, 0.6) is 0 Å². The van der Waals surface area contributed by atoms with Crippen molar-refractivity contribution in [1.82, 2.24) is 9.78 Å². The first-order valence-corrected chi connectivity index (χ1v) is 8.26. The van der Waals surface area contributed by atoms with E-state index in [1.54, 1.807) is 11.1 Å². The summed E-state index contributed by atoms with van der Waals surface area (Å²) in [6.45, 7) is 9.62. The third-order valence-corrected chi connectivity index (χ3v) is 4.28. The Bertz CT molecular complexity index is 749. The van der Waals surface area contributed by atoms with Crippen LogP contribution in [0, 0.1) is 0 Å². The Morgan fingerprint density at radius 1 is 1.42 bits per heavy atom. The number of hydrogen-bond acceptors (Lipinski definition) is 3. The van der Waals surface area contributed by atoms with Crippen molar-refractivity contribution in [2.24, 2.45) is 0 Å². The van der Waals surface area contributed by atoms with E-state index in [9.17, 15) is 4.79 Å². The lowest BCUT2D eigenvalue weighted by molar-refractivity contribution is -0.114. The van der Waals surface area contributed by atoms with Gasteiger partial charge in [-0.05, 0) is 55.7 Å². The molecule has 0 spiro atoms. The van der Waals surface area contributed by atoms with Gasteiger partial charge in [0.25, 0.3) is 5.91 Å². The lowest BCUT2D eigenvalue weighted by Crippen LogP contribution is -2.30. The number of fused-ring (bicyclic) bond motifs is 1. The molecule has 24 heavy (non-hydrogen) atoms. The fourth-order valence-electron chi connectivity index (χ4n) is 3.02. The van der Waals surface area contributed by atoms with Crippen LogP contribution in [0.1, 0.15) is 36.7 Å². The molecule has 0 saturated carbocycles. The van der Waals surface area contributed by atoms with Gasteiger partial charge < -0.3 is 9.64 Å². The summed E-state index contributed by atoms with van der Waals surface area (Å²) in [5, 5.41) is 4.35. The molecule has 0 bridgehead atoms. The molecular weight excluding hydrogens is 302 g/mol. The van der Waals surface area contributed by atoms with E-state index in [4.69, 9.17) is 4.74 Å². The largest absolute Gasteiger partial charge is 0.376 e. The van der Waals surface area contributed by atoms with Gasteiger partial charge in [0, 0.05) is 17.9 Å². The first kappa shape index (κ1) is 16.5. The molecule has 1 aromatic carbocycles. The van der Waals surface area contributed by atoms with Gasteiger partial charge in [0.15, 0.2) is 0 Å². The Balaban J connectivity index is 1.93. The Labute approximate surface area is 142 Å². The second-order valence-corrected chi connectivity index (χ2v) is 6.24. The highest BCUT2D eigenvalue weighted by Gasteiger charge is 2.19. The normalized spacial score (nSPS) is 13.6. The monoisotopic (exact) mass is 325 g/mol. The van der Waals surface area contributed by atoms with Crippen LogP contribution >= 0.6 is 0 Å². The number of amides is 1. The van der Waals surface area contributed by atoms with E-state index >= 15 is 0 Å². The Hall–Kier alpha value is -2.40. The van der Waals surface area contributed by atoms with E-state index in [0.717, 1.165) is 30.0 Å². The smallest absolute Gasteiger partial charge is 0.250 e. The highest BCUT2D eigenvalue weighted by molar-refractivity contribution is 6.01. The topological polar surface area (TPSA) is 47.4 Å². The fraction of sp³-hybridized carbons (Fsp3) is 0.368. The molecule has 0 atom stereocenters. The molecule has 5 nitrogen and oxygen atoms in total. The quantitative estimate of drug-likeness (QED) is 0.793. The van der Waals surface area contributed by atoms with Crippen molar-refractivity contribution in [3.05, 3.63) is 59.9 Å². The van der Waals surface area contributed by atoms with Gasteiger partial charge in [-0.3, -0.25) is 9.48 Å². The van der Waals surface area contributed by atoms with Crippen LogP contribution in [-0.2, 0) is 29.1 Å². The molecule has 2 aromatic rings. The van der Waals surface area contributed by atoms with Gasteiger partial charge >= 0.3 is 0 Å². The van der Waals surface area contributed by atoms with Crippen LogP contribution in [0.15, 0.2) is 43.1 Å². The molecule has 126 valence electrons. The molecule has 2 heterocycles. The molecule has 0 aliphatic carbocycles. The van der Waals surface area contributed by atoms with Crippen LogP contribution < -0.4 is 4.90 Å². The van der Waals surface area contributed by atoms with Crippen LogP contribution in [0.25, 0.3) is 0 Å². The molecule has 5 heteroatoms. The number of nitrogens with zero attached hydrogens (tertiary/aromatic N) is 3. The van der Waals surface area contributed by atoms with E-state index in [2.05, 4.69) is 31.6 Å². The van der Waals surface area contributed by atoms with E-state index in [1.807, 2.05) is 22.9 Å². The van der Waals surface area contributed by atoms with Crippen molar-refractivity contribution in [2.75, 3.05) is 11.5 Å². The fourth-order valence-corrected chi connectivity index (χ4v) is 3.02. The minimum absolute atomic E-state index is 0.122. The zero-order chi connectivity index (χ0) is 17.1. The van der Waals surface area contributed by atoms with E-state index in [1.165, 1.54) is 11.6 Å². The molecule has 1 amide bonds. The maximum Gasteiger partial charge on any atom is 0.250 e. The van der Waals surface area contributed by atoms with Gasteiger partial charge in [0.1, 0.15) is 0 Å². The predicted molar refractivity (Wildman–Crippen MR) is 93.8 cm³/mol. The summed E-state index contributed by atoms with van der Waals surface area (Å²) in [5.74, 6) is -0.122. The van der Waals surface area contributed by atoms with Gasteiger partial charge in [0.2, 0.25) is 0 Å². The molecule has 3 rings (SSSR count). The third kappa shape index (κ3) is 3.26. The summed E-state index contributed by atoms with van der Waals surface area (Å²) in [5.41, 5.74) is 4.30. The highest BCUT2D eigenvalue weighted by atomic mass is 16.5. The van der Waals surface area contributed by atoms with Crippen molar-refractivity contribution < 1.29 is 9.53 Å². The lowest BCUT2D eigenvalue weighted by Gasteiger charge is -2.25. The van der Waals surface area contributed by atoms with Gasteiger partial charge in [-0.1, -0.05) is 12.6 Å². The second-order valence-electron chi connectivity index (χ2n) is 6.24. The van der Waals surface area contributed by atoms with Gasteiger partial charge in [0.05, 0.1) is 25.5 Å². The standard InChI is InChI=1S/C19H23N3O2/c1-4-19(23)21(12-18-7-9-20-22(18)14(2)3)17-6-5-15-8-10-24-13-16(15)11-17/h4-7,9,11,14H,1,8,10,12-13H2,2-3H3. The number of carbonyl (C=O) groups excluding carboxylic acids is 1. The molecular formula is C19H23N3O2. The van der Waals surface area contributed by atoms with Crippen LogP contribution in [-0.4, -0.2) is 22.3 Å². The van der Waals surface area contributed by atoms with Gasteiger partial charge in [-0.25, -0.2) is 0 Å². The lowest BCUT2D eigenvalue weighted by atomic mass is 10.0. The predicted octanol–water partition coefficient (Wildman–Crippen LogP) is 3.26. The maximum atomic E-state index is 12.4. The van der Waals surface area contributed by atoms with Crippen molar-refractivity contribution in [1.29, 1.82) is 0 Å². The number of benzene rings is 1. The average Bonchev–Trinajstić information content (AvgIpc) is 3.07. The van der Waals surface area contributed by atoms with Crippen molar-refractivity contribution in [3.63, 3.8) is 0 Å². The summed E-state index contributed by atoms with van der Waals surface area (Å²) in [6, 6.07) is 8.34. The summed E-state index contributed by atoms with van der Waals surface area (Å²) >= 11 is 0. The number of carbonyl (C=O) groups is 1. The first-order chi connectivity index (χ1) is 11.6. The number of rotatable bonds is 5. The molecule has 1 aliphatic heterocycles. The summed E-state index contributed by atoms with van der Waals surface area (Å²) in [7, 11) is 0. The van der Waals surface area contributed by atoms with Crippen LogP contribution in [0.3, 0.4) is 0 Å². The van der Waals surface area contributed by atoms with Crippen molar-refractivity contribution in [2.45, 2.75) is 39.5 Å². The molecule has 1 aromatic heterocycles. The van der Waals surface area contributed by atoms with Crippen LogP contribution in [0.2, 0.25) is 0 Å². The second kappa shape index (κ2) is 7.01. The molecule has 0 N–H and O–H groups in total. The van der Waals surface area contributed by atoms with Crippen LogP contribution in [0.4, 0.5) is 5.69 Å². The minimum atomic E-state index is -0.122. The molecule has 0 unspecified atom stereocenters. The SMILES string of the molecule is C=CC(=O)N(Cc1ccnn1C(C)C)c1ccc2c(c1)COCC2. The number of aromatic nitrogens is 2. The van der Waals surface area contributed by atoms with Gasteiger partial charge in [-0.2, -0.15) is 5.10 Å². The molecule has 0 saturated heterocycles. The van der Waals surface area contributed by atoms with Crippen molar-refractivity contribution >= 4 is 11.6 Å². The summed E-state index contributed by atoms with van der Waals surface area (Å²) in [4.78, 5) is 14.2. The maximum absolute atomic E-state index is 12.4. The van der Waals surface area contributed by atoms with E-state index < -0.39 is 0 Å². The minimum Gasteiger partial charge on any atom is -0.376 e. The number of ether oxygens (including phenoxy) is 1. The average molecular weight is 325 g/mol. The Kier molecular flexibility index (Phi) is 4.81. The van der Waals surface area contributed by atoms with E-state index in [0.29, 0.717) is 13.2 Å². The zero-order valence-electron chi connectivity index (χ0n) is 14.2. The number of hydrogen-bond donors (Lipinski definition) is 0. The third-order valence-electron chi connectivity index (χ3n) is 4.28. The van der Waals surface area contributed by atoms with Crippen molar-refractivity contribution in [3.8, 4) is 0 Å². The molecule has 0 fully saturated rings. The highest BCUT2D eigenvalue weighted by Crippen LogP contribution is 2.25. The molecule has 0 radical (unpaired) electrons. The Morgan fingerprint density at radius 3 is 3.00 bits per heavy atom. The summed E-state index contributed by atoms with van der Waals surface area (Å²) in [6.07, 6.45) is 4.05. The van der Waals surface area contributed by atoms with E-state index in [-0.39, 0.29) is 11.9 Å².